The first kappa shape index (κ1) is 33.1. The highest BCUT2D eigenvalue weighted by atomic mass is 127. The molecule has 0 spiro atoms. The fourth-order valence-corrected chi connectivity index (χ4v) is 15.9. The number of hydrogen-bond donors (Lipinski definition) is 0. The maximum atomic E-state index is 2.72. The van der Waals surface area contributed by atoms with Crippen molar-refractivity contribution in [1.82, 2.24) is 0 Å². The van der Waals surface area contributed by atoms with Gasteiger partial charge in [-0.2, -0.15) is 0 Å². The van der Waals surface area contributed by atoms with Crippen LogP contribution in [0.3, 0.4) is 0 Å². The number of hydrogen-bond acceptors (Lipinski definition) is 4. The summed E-state index contributed by atoms with van der Waals surface area (Å²) in [7, 11) is 0. The van der Waals surface area contributed by atoms with Crippen molar-refractivity contribution >= 4 is 136 Å². The molecule has 0 aliphatic heterocycles. The van der Waals surface area contributed by atoms with Gasteiger partial charge in [0, 0.05) is 54.7 Å². The van der Waals surface area contributed by atoms with Crippen LogP contribution in [0.25, 0.3) is 0 Å². The highest BCUT2D eigenvalue weighted by Gasteiger charge is 2.20. The molecule has 0 nitrogen and oxygen atoms in total. The quantitative estimate of drug-likeness (QED) is 0.109. The average molecular weight is 1060 g/mol. The van der Waals surface area contributed by atoms with Crippen molar-refractivity contribution in [3.8, 4) is 0 Å². The van der Waals surface area contributed by atoms with Crippen molar-refractivity contribution in [2.45, 2.75) is 105 Å². The number of thiophene rings is 4. The molecular weight excluding hydrogens is 1020 g/mol. The predicted molar refractivity (Wildman–Crippen MR) is 213 cm³/mol. The van der Waals surface area contributed by atoms with E-state index in [-0.39, 0.29) is 0 Å². The first-order valence-electron chi connectivity index (χ1n) is 14.6. The molecule has 0 fully saturated rings. The molecule has 4 aromatic heterocycles. The Kier molecular flexibility index (Phi) is 12.3. The monoisotopic (exact) mass is 1060 g/mol. The van der Waals surface area contributed by atoms with E-state index in [1.165, 1.54) is 91.3 Å². The Bertz CT molecular complexity index is 1630. The van der Waals surface area contributed by atoms with E-state index in [9.17, 15) is 0 Å². The maximum Gasteiger partial charge on any atom is 0.0542 e. The third kappa shape index (κ3) is 6.24. The van der Waals surface area contributed by atoms with Gasteiger partial charge in [-0.15, -0.1) is 45.3 Å². The number of rotatable bonds is 12. The van der Waals surface area contributed by atoms with Crippen molar-refractivity contribution in [3.63, 3.8) is 0 Å². The molecule has 0 saturated carbocycles. The zero-order valence-corrected chi connectivity index (χ0v) is 35.5. The van der Waals surface area contributed by atoms with Gasteiger partial charge in [-0.05, 0) is 142 Å². The van der Waals surface area contributed by atoms with E-state index >= 15 is 0 Å². The third-order valence-corrected chi connectivity index (χ3v) is 19.2. The van der Waals surface area contributed by atoms with Gasteiger partial charge < -0.3 is 0 Å². The SMILES string of the molecule is CCCCc1sc2/c(c1I)=c1/c(I)c(CCCC)s/c1=c1\sc(CCCC)c(I)\c1=c1/c(I)c(CCCC)s/c1=2. The van der Waals surface area contributed by atoms with E-state index in [0.29, 0.717) is 0 Å². The summed E-state index contributed by atoms with van der Waals surface area (Å²) in [6.07, 6.45) is 14.9. The number of unbranched alkanes of at least 4 members (excludes halogenated alkanes) is 4. The molecule has 0 atom stereocenters. The van der Waals surface area contributed by atoms with Gasteiger partial charge in [0.05, 0.1) is 18.1 Å². The van der Waals surface area contributed by atoms with Crippen LogP contribution in [0.15, 0.2) is 0 Å². The predicted octanol–water partition coefficient (Wildman–Crippen LogP) is 13.2. The fraction of sp³-hybridized carbons (Fsp3) is 0.500. The number of halogens is 4. The molecule has 0 amide bonds. The standard InChI is InChI=1S/C32H36I4S4/c1-5-9-13-17-25(33)21-22-26(34)18(14-10-6-2)39-31(22)32-24(28(36)20(40-32)16-12-8-4)23-27(35)19(15-11-7-3)38-30(23)29(21)37-17/h5-16H2,1-4H3/b22-21-,24-23-,30-29-,32-31-. The van der Waals surface area contributed by atoms with E-state index in [1.807, 2.05) is 0 Å². The zero-order valence-electron chi connectivity index (χ0n) is 23.6. The van der Waals surface area contributed by atoms with Crippen LogP contribution >= 0.6 is 136 Å². The van der Waals surface area contributed by atoms with E-state index in [2.05, 4.69) is 163 Å². The molecule has 0 radical (unpaired) electrons. The smallest absolute Gasteiger partial charge is 0.0542 e. The lowest BCUT2D eigenvalue weighted by molar-refractivity contribution is 0.801. The van der Waals surface area contributed by atoms with Crippen LogP contribution in [0, 0.1) is 53.3 Å². The Hall–Kier alpha value is 1.72. The molecule has 0 bridgehead atoms. The molecule has 1 aliphatic rings. The van der Waals surface area contributed by atoms with Gasteiger partial charge in [-0.1, -0.05) is 53.4 Å². The second kappa shape index (κ2) is 14.9. The van der Waals surface area contributed by atoms with Gasteiger partial charge in [0.2, 0.25) is 0 Å². The molecule has 1 aliphatic carbocycles. The van der Waals surface area contributed by atoms with Gasteiger partial charge in [0.15, 0.2) is 0 Å². The van der Waals surface area contributed by atoms with Crippen LogP contribution in [0.1, 0.15) is 98.6 Å². The van der Waals surface area contributed by atoms with E-state index in [1.54, 1.807) is 58.5 Å². The van der Waals surface area contributed by atoms with Crippen LogP contribution in [0.5, 0.6) is 0 Å². The first-order chi connectivity index (χ1) is 19.4. The Morgan fingerprint density at radius 2 is 0.575 bits per heavy atom. The van der Waals surface area contributed by atoms with Crippen molar-refractivity contribution in [2.75, 3.05) is 0 Å². The summed E-state index contributed by atoms with van der Waals surface area (Å²) in [5, 5.41) is 6.22. The van der Waals surface area contributed by atoms with Crippen molar-refractivity contribution < 1.29 is 0 Å². The van der Waals surface area contributed by atoms with Crippen molar-refractivity contribution in [2.24, 2.45) is 0 Å². The summed E-state index contributed by atoms with van der Waals surface area (Å²) in [5.41, 5.74) is 0. The Labute approximate surface area is 308 Å². The summed E-state index contributed by atoms with van der Waals surface area (Å²) in [6.45, 7) is 9.30. The van der Waals surface area contributed by atoms with Crippen molar-refractivity contribution in [1.29, 1.82) is 0 Å². The molecule has 0 unspecified atom stereocenters. The van der Waals surface area contributed by atoms with Gasteiger partial charge in [0.25, 0.3) is 0 Å². The van der Waals surface area contributed by atoms with Crippen molar-refractivity contribution in [3.05, 3.63) is 72.8 Å². The van der Waals surface area contributed by atoms with Crippen LogP contribution in [-0.2, 0) is 25.7 Å². The summed E-state index contributed by atoms with van der Waals surface area (Å²) >= 11 is 19.4. The Morgan fingerprint density at radius 1 is 0.375 bits per heavy atom. The molecule has 40 heavy (non-hydrogen) atoms. The lowest BCUT2D eigenvalue weighted by Gasteiger charge is -1.97. The lowest BCUT2D eigenvalue weighted by atomic mass is 10.1. The molecule has 4 aromatic rings. The summed E-state index contributed by atoms with van der Waals surface area (Å²) in [5.74, 6) is 0. The Morgan fingerprint density at radius 3 is 0.750 bits per heavy atom. The van der Waals surface area contributed by atoms with E-state index < -0.39 is 0 Å². The fourth-order valence-electron chi connectivity index (χ4n) is 5.36. The van der Waals surface area contributed by atoms with Gasteiger partial charge in [-0.25, -0.2) is 0 Å². The molecule has 4 heterocycles. The molecule has 0 saturated heterocycles. The first-order valence-corrected chi connectivity index (χ1v) is 22.2. The van der Waals surface area contributed by atoms with Gasteiger partial charge in [-0.3, -0.25) is 0 Å². The van der Waals surface area contributed by atoms with E-state index in [0.717, 1.165) is 0 Å². The lowest BCUT2D eigenvalue weighted by Crippen LogP contribution is -1.88. The van der Waals surface area contributed by atoms with Gasteiger partial charge >= 0.3 is 0 Å². The minimum Gasteiger partial charge on any atom is -0.138 e. The largest absolute Gasteiger partial charge is 0.138 e. The molecule has 216 valence electrons. The second-order valence-electron chi connectivity index (χ2n) is 10.6. The molecule has 5 rings (SSSR count). The topological polar surface area (TPSA) is 0 Å². The average Bonchev–Trinajstić information content (AvgIpc) is 3.63. The number of aryl methyl sites for hydroxylation is 4. The molecule has 0 N–H and O–H groups in total. The van der Waals surface area contributed by atoms with Crippen LogP contribution in [0.2, 0.25) is 0 Å². The minimum atomic E-state index is 1.20. The van der Waals surface area contributed by atoms with Crippen LogP contribution in [0.4, 0.5) is 0 Å². The van der Waals surface area contributed by atoms with E-state index in [4.69, 9.17) is 0 Å². The molecular formula is C32H36I4S4. The molecule has 0 aromatic carbocycles. The summed E-state index contributed by atoms with van der Waals surface area (Å²) in [4.78, 5) is 6.40. The minimum absolute atomic E-state index is 1.20. The second-order valence-corrected chi connectivity index (χ2v) is 19.3. The van der Waals surface area contributed by atoms with Crippen LogP contribution < -0.4 is 0 Å². The highest BCUT2D eigenvalue weighted by molar-refractivity contribution is 14.1. The zero-order chi connectivity index (χ0) is 28.6. The third-order valence-electron chi connectivity index (χ3n) is 7.61. The summed E-state index contributed by atoms with van der Waals surface area (Å²) < 4.78 is 12.3. The normalized spacial score (nSPS) is 15.8. The Balaban J connectivity index is 2.14. The van der Waals surface area contributed by atoms with Gasteiger partial charge in [0.1, 0.15) is 0 Å². The summed E-state index contributed by atoms with van der Waals surface area (Å²) in [6, 6.07) is 0. The number of fused-ring (bicyclic) bond motifs is 4. The molecule has 8 heteroatoms. The highest BCUT2D eigenvalue weighted by Crippen LogP contribution is 2.38. The van der Waals surface area contributed by atoms with Crippen LogP contribution in [-0.4, -0.2) is 0 Å². The maximum absolute atomic E-state index is 2.72.